The Morgan fingerprint density at radius 1 is 1.38 bits per heavy atom. The van der Waals surface area contributed by atoms with Crippen molar-refractivity contribution >= 4 is 39.1 Å². The maximum Gasteiger partial charge on any atom is 0.0637 e. The number of halogens is 3. The van der Waals surface area contributed by atoms with Crippen LogP contribution in [0, 0.1) is 0 Å². The molecule has 1 aliphatic rings. The Bertz CT molecular complexity index is 370. The van der Waals surface area contributed by atoms with Crippen LogP contribution in [0.2, 0.25) is 10.0 Å². The van der Waals surface area contributed by atoms with Gasteiger partial charge < -0.3 is 0 Å². The fraction of sp³-hybridized carbons (Fsp3) is 0.500. The second-order valence-corrected chi connectivity index (χ2v) is 6.27. The van der Waals surface area contributed by atoms with Crippen molar-refractivity contribution < 1.29 is 0 Å². The molecule has 1 saturated heterocycles. The van der Waals surface area contributed by atoms with Crippen LogP contribution in [0.3, 0.4) is 0 Å². The fourth-order valence-corrected chi connectivity index (χ4v) is 3.17. The molecule has 1 atom stereocenters. The van der Waals surface area contributed by atoms with Gasteiger partial charge in [0, 0.05) is 17.9 Å². The minimum absolute atomic E-state index is 0.610. The van der Waals surface area contributed by atoms with Gasteiger partial charge in [-0.25, -0.2) is 0 Å². The molecule has 0 amide bonds. The third-order valence-electron chi connectivity index (χ3n) is 2.87. The molecule has 1 aliphatic heterocycles. The van der Waals surface area contributed by atoms with Crippen LogP contribution in [0.15, 0.2) is 18.2 Å². The number of hydrogen-bond donors (Lipinski definition) is 0. The average Bonchev–Trinajstić information content (AvgIpc) is 2.25. The summed E-state index contributed by atoms with van der Waals surface area (Å²) in [6.07, 6.45) is 2.51. The maximum absolute atomic E-state index is 6.18. The standard InChI is InChI=1S/C12H14BrCl2N/c13-10-4-2-6-16(8-10)7-9-3-1-5-11(14)12(9)15/h1,3,5,10H,2,4,6-8H2. The molecule has 2 rings (SSSR count). The Labute approximate surface area is 115 Å². The molecular formula is C12H14BrCl2N. The predicted octanol–water partition coefficient (Wildman–Crippen LogP) is 4.35. The van der Waals surface area contributed by atoms with E-state index in [1.165, 1.54) is 12.8 Å². The lowest BCUT2D eigenvalue weighted by atomic mass is 10.1. The zero-order valence-corrected chi connectivity index (χ0v) is 12.0. The summed E-state index contributed by atoms with van der Waals surface area (Å²) in [5.41, 5.74) is 1.12. The Kier molecular flexibility index (Phi) is 4.54. The molecule has 0 bridgehead atoms. The number of rotatable bonds is 2. The van der Waals surface area contributed by atoms with Crippen LogP contribution in [0.25, 0.3) is 0 Å². The van der Waals surface area contributed by atoms with Crippen LogP contribution >= 0.6 is 39.1 Å². The monoisotopic (exact) mass is 321 g/mol. The summed E-state index contributed by atoms with van der Waals surface area (Å²) in [5, 5.41) is 1.34. The lowest BCUT2D eigenvalue weighted by Gasteiger charge is -2.30. The van der Waals surface area contributed by atoms with Crippen molar-refractivity contribution in [3.05, 3.63) is 33.8 Å². The molecule has 0 spiro atoms. The minimum atomic E-state index is 0.610. The highest BCUT2D eigenvalue weighted by Gasteiger charge is 2.18. The molecule has 1 heterocycles. The van der Waals surface area contributed by atoms with Gasteiger partial charge in [0.05, 0.1) is 10.0 Å². The van der Waals surface area contributed by atoms with Gasteiger partial charge in [0.2, 0.25) is 0 Å². The highest BCUT2D eigenvalue weighted by atomic mass is 79.9. The van der Waals surface area contributed by atoms with E-state index in [-0.39, 0.29) is 0 Å². The maximum atomic E-state index is 6.18. The lowest BCUT2D eigenvalue weighted by molar-refractivity contribution is 0.228. The van der Waals surface area contributed by atoms with E-state index < -0.39 is 0 Å². The van der Waals surface area contributed by atoms with Gasteiger partial charge in [-0.05, 0) is 31.0 Å². The van der Waals surface area contributed by atoms with E-state index in [9.17, 15) is 0 Å². The second kappa shape index (κ2) is 5.72. The van der Waals surface area contributed by atoms with Crippen LogP contribution in [0.4, 0.5) is 0 Å². The quantitative estimate of drug-likeness (QED) is 0.731. The third-order valence-corrected chi connectivity index (χ3v) is 4.48. The summed E-state index contributed by atoms with van der Waals surface area (Å²) in [5.74, 6) is 0. The molecule has 88 valence electrons. The van der Waals surface area contributed by atoms with Crippen molar-refractivity contribution in [2.75, 3.05) is 13.1 Å². The molecule has 0 aromatic heterocycles. The van der Waals surface area contributed by atoms with Gasteiger partial charge in [-0.3, -0.25) is 4.90 Å². The van der Waals surface area contributed by atoms with E-state index in [1.807, 2.05) is 18.2 Å². The van der Waals surface area contributed by atoms with Crippen molar-refractivity contribution in [1.29, 1.82) is 0 Å². The van der Waals surface area contributed by atoms with Crippen molar-refractivity contribution in [3.8, 4) is 0 Å². The summed E-state index contributed by atoms with van der Waals surface area (Å²) in [4.78, 5) is 3.03. The first-order valence-corrected chi connectivity index (χ1v) is 7.13. The van der Waals surface area contributed by atoms with Crippen molar-refractivity contribution in [1.82, 2.24) is 4.90 Å². The molecule has 0 aliphatic carbocycles. The van der Waals surface area contributed by atoms with E-state index in [2.05, 4.69) is 20.8 Å². The first-order chi connectivity index (χ1) is 7.66. The molecule has 4 heteroatoms. The van der Waals surface area contributed by atoms with Gasteiger partial charge in [-0.15, -0.1) is 0 Å². The van der Waals surface area contributed by atoms with E-state index in [0.29, 0.717) is 14.9 Å². The molecule has 1 fully saturated rings. The number of benzene rings is 1. The van der Waals surface area contributed by atoms with Crippen LogP contribution in [0.5, 0.6) is 0 Å². The van der Waals surface area contributed by atoms with Crippen LogP contribution < -0.4 is 0 Å². The van der Waals surface area contributed by atoms with Gasteiger partial charge in [0.25, 0.3) is 0 Å². The van der Waals surface area contributed by atoms with E-state index in [1.54, 1.807) is 0 Å². The first kappa shape index (κ1) is 12.7. The molecule has 0 N–H and O–H groups in total. The summed E-state index contributed by atoms with van der Waals surface area (Å²) in [7, 11) is 0. The molecule has 1 unspecified atom stereocenters. The van der Waals surface area contributed by atoms with E-state index in [4.69, 9.17) is 23.2 Å². The number of piperidine rings is 1. The summed E-state index contributed by atoms with van der Waals surface area (Å²) in [6, 6.07) is 5.84. The van der Waals surface area contributed by atoms with Gasteiger partial charge in [-0.1, -0.05) is 51.3 Å². The number of alkyl halides is 1. The Morgan fingerprint density at radius 3 is 2.94 bits per heavy atom. The van der Waals surface area contributed by atoms with Crippen LogP contribution in [-0.2, 0) is 6.54 Å². The topological polar surface area (TPSA) is 3.24 Å². The van der Waals surface area contributed by atoms with Crippen LogP contribution in [-0.4, -0.2) is 22.8 Å². The molecule has 0 radical (unpaired) electrons. The largest absolute Gasteiger partial charge is 0.298 e. The molecular weight excluding hydrogens is 309 g/mol. The Hall–Kier alpha value is 0.240. The lowest BCUT2D eigenvalue weighted by Crippen LogP contribution is -2.35. The van der Waals surface area contributed by atoms with Gasteiger partial charge in [-0.2, -0.15) is 0 Å². The van der Waals surface area contributed by atoms with Crippen molar-refractivity contribution in [2.24, 2.45) is 0 Å². The summed E-state index contributed by atoms with van der Waals surface area (Å²) in [6.45, 7) is 3.12. The molecule has 1 nitrogen and oxygen atoms in total. The fourth-order valence-electron chi connectivity index (χ4n) is 2.05. The number of likely N-dealkylation sites (tertiary alicyclic amines) is 1. The molecule has 1 aromatic carbocycles. The van der Waals surface area contributed by atoms with E-state index >= 15 is 0 Å². The van der Waals surface area contributed by atoms with Gasteiger partial charge >= 0.3 is 0 Å². The second-order valence-electron chi connectivity index (χ2n) is 4.19. The SMILES string of the molecule is Clc1cccc(CN2CCCC(Br)C2)c1Cl. The van der Waals surface area contributed by atoms with Crippen molar-refractivity contribution in [2.45, 2.75) is 24.2 Å². The summed E-state index contributed by atoms with van der Waals surface area (Å²) >= 11 is 15.9. The van der Waals surface area contributed by atoms with Crippen molar-refractivity contribution in [3.63, 3.8) is 0 Å². The highest BCUT2D eigenvalue weighted by molar-refractivity contribution is 9.09. The first-order valence-electron chi connectivity index (χ1n) is 5.46. The average molecular weight is 323 g/mol. The minimum Gasteiger partial charge on any atom is -0.298 e. The van der Waals surface area contributed by atoms with Gasteiger partial charge in [0.15, 0.2) is 0 Å². The Balaban J connectivity index is 2.05. The smallest absolute Gasteiger partial charge is 0.0637 e. The normalized spacial score (nSPS) is 22.3. The van der Waals surface area contributed by atoms with Gasteiger partial charge in [0.1, 0.15) is 0 Å². The molecule has 16 heavy (non-hydrogen) atoms. The summed E-state index contributed by atoms with van der Waals surface area (Å²) < 4.78 is 0. The zero-order valence-electron chi connectivity index (χ0n) is 8.93. The third kappa shape index (κ3) is 3.13. The molecule has 1 aromatic rings. The van der Waals surface area contributed by atoms with E-state index in [0.717, 1.165) is 25.2 Å². The highest BCUT2D eigenvalue weighted by Crippen LogP contribution is 2.27. The van der Waals surface area contributed by atoms with Crippen LogP contribution in [0.1, 0.15) is 18.4 Å². The number of hydrogen-bond acceptors (Lipinski definition) is 1. The molecule has 0 saturated carbocycles. The Morgan fingerprint density at radius 2 is 2.19 bits per heavy atom. The number of nitrogens with zero attached hydrogens (tertiary/aromatic N) is 1. The zero-order chi connectivity index (χ0) is 11.5. The predicted molar refractivity (Wildman–Crippen MR) is 73.7 cm³/mol.